The van der Waals surface area contributed by atoms with Gasteiger partial charge in [-0.2, -0.15) is 0 Å². The largest absolute Gasteiger partial charge is 0.368 e. The van der Waals surface area contributed by atoms with Crippen molar-refractivity contribution in [2.45, 2.75) is 50.3 Å². The van der Waals surface area contributed by atoms with Crippen molar-refractivity contribution in [2.75, 3.05) is 13.2 Å². The third-order valence-electron chi connectivity index (χ3n) is 5.14. The SMILES string of the molecule is Cc1cc(CNS(=O)(=O)c2ccc3c(c2)CCN(C(=O)[C@@H]2CCCO2)C3)no1. The van der Waals surface area contributed by atoms with Crippen molar-refractivity contribution in [3.05, 3.63) is 46.8 Å². The van der Waals surface area contributed by atoms with Gasteiger partial charge in [0.2, 0.25) is 10.0 Å². The maximum absolute atomic E-state index is 12.6. The highest BCUT2D eigenvalue weighted by molar-refractivity contribution is 7.89. The average molecular weight is 405 g/mol. The van der Waals surface area contributed by atoms with Gasteiger partial charge in [0, 0.05) is 25.8 Å². The Morgan fingerprint density at radius 3 is 2.89 bits per heavy atom. The Labute approximate surface area is 163 Å². The number of hydrogen-bond donors (Lipinski definition) is 1. The fraction of sp³-hybridized carbons (Fsp3) is 0.474. The molecule has 8 nitrogen and oxygen atoms in total. The lowest BCUT2D eigenvalue weighted by molar-refractivity contribution is -0.141. The van der Waals surface area contributed by atoms with Crippen LogP contribution in [0.25, 0.3) is 0 Å². The number of rotatable bonds is 5. The summed E-state index contributed by atoms with van der Waals surface area (Å²) in [6.07, 6.45) is 1.99. The fourth-order valence-electron chi connectivity index (χ4n) is 3.61. The van der Waals surface area contributed by atoms with Gasteiger partial charge in [-0.3, -0.25) is 4.79 Å². The lowest BCUT2D eigenvalue weighted by Crippen LogP contribution is -2.42. The number of carbonyl (C=O) groups is 1. The fourth-order valence-corrected chi connectivity index (χ4v) is 4.66. The first-order valence-corrected chi connectivity index (χ1v) is 10.8. The van der Waals surface area contributed by atoms with Crippen molar-refractivity contribution >= 4 is 15.9 Å². The van der Waals surface area contributed by atoms with E-state index in [0.29, 0.717) is 37.6 Å². The van der Waals surface area contributed by atoms with Gasteiger partial charge in [0.25, 0.3) is 5.91 Å². The van der Waals surface area contributed by atoms with Gasteiger partial charge >= 0.3 is 0 Å². The first-order valence-electron chi connectivity index (χ1n) is 9.36. The van der Waals surface area contributed by atoms with Crippen LogP contribution in [0, 0.1) is 6.92 Å². The molecule has 9 heteroatoms. The topological polar surface area (TPSA) is 102 Å². The Kier molecular flexibility index (Phi) is 5.22. The molecule has 1 N–H and O–H groups in total. The van der Waals surface area contributed by atoms with Gasteiger partial charge < -0.3 is 14.2 Å². The molecule has 0 radical (unpaired) electrons. The lowest BCUT2D eigenvalue weighted by Gasteiger charge is -2.30. The minimum absolute atomic E-state index is 0.0319. The summed E-state index contributed by atoms with van der Waals surface area (Å²) in [5, 5.41) is 3.79. The minimum atomic E-state index is -3.66. The summed E-state index contributed by atoms with van der Waals surface area (Å²) in [6, 6.07) is 6.75. The molecule has 3 heterocycles. The second kappa shape index (κ2) is 7.65. The van der Waals surface area contributed by atoms with Crippen molar-refractivity contribution in [3.63, 3.8) is 0 Å². The molecule has 0 unspecified atom stereocenters. The molecule has 1 fully saturated rings. The molecular weight excluding hydrogens is 382 g/mol. The van der Waals surface area contributed by atoms with Crippen LogP contribution in [-0.2, 0) is 39.1 Å². The van der Waals surface area contributed by atoms with Crippen molar-refractivity contribution in [3.8, 4) is 0 Å². The standard InChI is InChI=1S/C19H23N3O5S/c1-13-9-16(21-27-13)11-20-28(24,25)17-5-4-15-12-22(7-6-14(15)10-17)19(23)18-3-2-8-26-18/h4-5,9-10,18,20H,2-3,6-8,11-12H2,1H3/t18-/m0/s1. The van der Waals surface area contributed by atoms with E-state index in [1.165, 1.54) is 0 Å². The van der Waals surface area contributed by atoms with Crippen LogP contribution in [0.2, 0.25) is 0 Å². The molecule has 1 aromatic carbocycles. The molecule has 0 aliphatic carbocycles. The second-order valence-corrected chi connectivity index (χ2v) is 8.96. The number of amides is 1. The van der Waals surface area contributed by atoms with E-state index in [-0.39, 0.29) is 23.5 Å². The number of aryl methyl sites for hydroxylation is 1. The molecule has 1 amide bonds. The zero-order valence-corrected chi connectivity index (χ0v) is 16.5. The van der Waals surface area contributed by atoms with E-state index < -0.39 is 10.0 Å². The van der Waals surface area contributed by atoms with Crippen LogP contribution in [0.1, 0.15) is 35.4 Å². The molecule has 1 saturated heterocycles. The van der Waals surface area contributed by atoms with Gasteiger partial charge in [-0.1, -0.05) is 11.2 Å². The Balaban J connectivity index is 1.44. The highest BCUT2D eigenvalue weighted by atomic mass is 32.2. The van der Waals surface area contributed by atoms with Crippen LogP contribution in [0.5, 0.6) is 0 Å². The highest BCUT2D eigenvalue weighted by Crippen LogP contribution is 2.25. The van der Waals surface area contributed by atoms with Crippen LogP contribution in [-0.4, -0.2) is 43.6 Å². The molecule has 28 heavy (non-hydrogen) atoms. The molecule has 0 saturated carbocycles. The van der Waals surface area contributed by atoms with E-state index >= 15 is 0 Å². The maximum Gasteiger partial charge on any atom is 0.252 e. The van der Waals surface area contributed by atoms with Crippen LogP contribution in [0.3, 0.4) is 0 Å². The minimum Gasteiger partial charge on any atom is -0.368 e. The smallest absolute Gasteiger partial charge is 0.252 e. The summed E-state index contributed by atoms with van der Waals surface area (Å²) in [7, 11) is -3.66. The monoisotopic (exact) mass is 405 g/mol. The van der Waals surface area contributed by atoms with Crippen molar-refractivity contribution in [1.82, 2.24) is 14.8 Å². The number of benzene rings is 1. The number of nitrogens with one attached hydrogen (secondary N) is 1. The van der Waals surface area contributed by atoms with Crippen molar-refractivity contribution < 1.29 is 22.5 Å². The van der Waals surface area contributed by atoms with Crippen molar-refractivity contribution in [1.29, 1.82) is 0 Å². The molecule has 0 bridgehead atoms. The number of sulfonamides is 1. The summed E-state index contributed by atoms with van der Waals surface area (Å²) < 4.78 is 38.2. The number of nitrogens with zero attached hydrogens (tertiary/aromatic N) is 2. The van der Waals surface area contributed by atoms with Crippen LogP contribution in [0.4, 0.5) is 0 Å². The van der Waals surface area contributed by atoms with E-state index in [1.807, 2.05) is 0 Å². The van der Waals surface area contributed by atoms with Crippen LogP contribution >= 0.6 is 0 Å². The number of carbonyl (C=O) groups excluding carboxylic acids is 1. The Morgan fingerprint density at radius 2 is 2.18 bits per heavy atom. The van der Waals surface area contributed by atoms with Crippen LogP contribution < -0.4 is 4.72 Å². The molecule has 2 aliphatic heterocycles. The third-order valence-corrected chi connectivity index (χ3v) is 6.54. The average Bonchev–Trinajstić information content (AvgIpc) is 3.37. The molecule has 2 aliphatic rings. The maximum atomic E-state index is 12.6. The first-order chi connectivity index (χ1) is 13.4. The van der Waals surface area contributed by atoms with E-state index in [2.05, 4.69) is 9.88 Å². The van der Waals surface area contributed by atoms with Gasteiger partial charge in [0.1, 0.15) is 11.9 Å². The Bertz CT molecular complexity index is 979. The van der Waals surface area contributed by atoms with Gasteiger partial charge in [-0.05, 0) is 49.4 Å². The van der Waals surface area contributed by atoms with Gasteiger partial charge in [-0.15, -0.1) is 0 Å². The number of hydrogen-bond acceptors (Lipinski definition) is 6. The molecule has 1 atom stereocenters. The van der Waals surface area contributed by atoms with E-state index in [0.717, 1.165) is 24.0 Å². The molecule has 1 aromatic heterocycles. The number of ether oxygens (including phenoxy) is 1. The normalized spacial score (nSPS) is 19.6. The zero-order chi connectivity index (χ0) is 19.7. The lowest BCUT2D eigenvalue weighted by atomic mass is 9.99. The molecular formula is C19H23N3O5S. The molecule has 4 rings (SSSR count). The highest BCUT2D eigenvalue weighted by Gasteiger charge is 2.30. The quantitative estimate of drug-likeness (QED) is 0.809. The summed E-state index contributed by atoms with van der Waals surface area (Å²) in [5.41, 5.74) is 2.46. The zero-order valence-electron chi connectivity index (χ0n) is 15.7. The van der Waals surface area contributed by atoms with Gasteiger partial charge in [0.05, 0.1) is 17.1 Å². The summed E-state index contributed by atoms with van der Waals surface area (Å²) in [6.45, 7) is 3.52. The first kappa shape index (κ1) is 19.1. The van der Waals surface area contributed by atoms with Gasteiger partial charge in [0.15, 0.2) is 0 Å². The predicted octanol–water partition coefficient (Wildman–Crippen LogP) is 1.53. The summed E-state index contributed by atoms with van der Waals surface area (Å²) in [4.78, 5) is 14.6. The third kappa shape index (κ3) is 3.96. The second-order valence-electron chi connectivity index (χ2n) is 7.20. The predicted molar refractivity (Wildman–Crippen MR) is 99.8 cm³/mol. The Morgan fingerprint density at radius 1 is 1.32 bits per heavy atom. The Hall–Kier alpha value is -2.23. The van der Waals surface area contributed by atoms with Gasteiger partial charge in [-0.25, -0.2) is 13.1 Å². The molecule has 2 aromatic rings. The van der Waals surface area contributed by atoms with E-state index in [4.69, 9.17) is 9.26 Å². The summed E-state index contributed by atoms with van der Waals surface area (Å²) >= 11 is 0. The van der Waals surface area contributed by atoms with Crippen LogP contribution in [0.15, 0.2) is 33.7 Å². The number of fused-ring (bicyclic) bond motifs is 1. The summed E-state index contributed by atoms with van der Waals surface area (Å²) in [5.74, 6) is 0.662. The van der Waals surface area contributed by atoms with E-state index in [1.54, 1.807) is 36.1 Å². The molecule has 150 valence electrons. The van der Waals surface area contributed by atoms with Crippen molar-refractivity contribution in [2.24, 2.45) is 0 Å². The van der Waals surface area contributed by atoms with E-state index in [9.17, 15) is 13.2 Å². The molecule has 0 spiro atoms. The number of aromatic nitrogens is 1.